The van der Waals surface area contributed by atoms with Crippen molar-refractivity contribution >= 4 is 26.1 Å². The fourth-order valence-corrected chi connectivity index (χ4v) is 4.44. The molecule has 3 heterocycles. The van der Waals surface area contributed by atoms with Crippen LogP contribution in [0.3, 0.4) is 0 Å². The fourth-order valence-electron chi connectivity index (χ4n) is 2.37. The first-order valence-electron chi connectivity index (χ1n) is 6.02. The summed E-state index contributed by atoms with van der Waals surface area (Å²) in [5.74, 6) is 0. The molecule has 0 radical (unpaired) electrons. The van der Waals surface area contributed by atoms with Crippen molar-refractivity contribution in [3.8, 4) is 0 Å². The molecule has 2 aliphatic heterocycles. The van der Waals surface area contributed by atoms with Crippen LogP contribution in [0.15, 0.2) is 16.9 Å². The standard InChI is InChI=1S/C10H15BrN4O2S/c11-9-5-12-15(6-9)10-7-14(8-10)18(16,17)13-3-1-2-4-13/h5-6,10H,1-4,7-8H2. The summed E-state index contributed by atoms with van der Waals surface area (Å²) in [5, 5.41) is 4.19. The summed E-state index contributed by atoms with van der Waals surface area (Å²) in [6.07, 6.45) is 5.55. The molecule has 0 atom stereocenters. The quantitative estimate of drug-likeness (QED) is 0.823. The normalized spacial score (nSPS) is 23.4. The average molecular weight is 335 g/mol. The van der Waals surface area contributed by atoms with Gasteiger partial charge in [0.1, 0.15) is 0 Å². The van der Waals surface area contributed by atoms with Crippen molar-refractivity contribution in [2.24, 2.45) is 0 Å². The third kappa shape index (κ3) is 2.11. The van der Waals surface area contributed by atoms with Crippen molar-refractivity contribution in [3.05, 3.63) is 16.9 Å². The molecule has 1 aromatic rings. The minimum absolute atomic E-state index is 0.161. The molecule has 0 spiro atoms. The minimum atomic E-state index is -3.22. The molecule has 0 aromatic carbocycles. The van der Waals surface area contributed by atoms with Gasteiger partial charge in [0.25, 0.3) is 10.2 Å². The molecular weight excluding hydrogens is 320 g/mol. The van der Waals surface area contributed by atoms with Gasteiger partial charge in [0.2, 0.25) is 0 Å². The second kappa shape index (κ2) is 4.59. The Bertz CT molecular complexity index is 532. The predicted molar refractivity (Wildman–Crippen MR) is 70.3 cm³/mol. The largest absolute Gasteiger partial charge is 0.282 e. The van der Waals surface area contributed by atoms with Crippen molar-refractivity contribution in [2.75, 3.05) is 26.2 Å². The third-order valence-corrected chi connectivity index (χ3v) is 5.87. The molecule has 6 nitrogen and oxygen atoms in total. The van der Waals surface area contributed by atoms with Crippen LogP contribution in [0.2, 0.25) is 0 Å². The van der Waals surface area contributed by atoms with Crippen LogP contribution >= 0.6 is 15.9 Å². The molecule has 18 heavy (non-hydrogen) atoms. The lowest BCUT2D eigenvalue weighted by Crippen LogP contribution is -2.55. The maximum Gasteiger partial charge on any atom is 0.282 e. The molecule has 3 rings (SSSR count). The lowest BCUT2D eigenvalue weighted by Gasteiger charge is -2.39. The highest BCUT2D eigenvalue weighted by atomic mass is 79.9. The van der Waals surface area contributed by atoms with Gasteiger partial charge < -0.3 is 0 Å². The number of aromatic nitrogens is 2. The van der Waals surface area contributed by atoms with Crippen molar-refractivity contribution in [1.82, 2.24) is 18.4 Å². The first-order chi connectivity index (χ1) is 8.57. The highest BCUT2D eigenvalue weighted by Gasteiger charge is 2.41. The van der Waals surface area contributed by atoms with E-state index in [1.165, 1.54) is 0 Å². The molecule has 0 saturated carbocycles. The third-order valence-electron chi connectivity index (χ3n) is 3.49. The molecule has 8 heteroatoms. The lowest BCUT2D eigenvalue weighted by molar-refractivity contribution is 0.180. The van der Waals surface area contributed by atoms with Crippen LogP contribution in [-0.2, 0) is 10.2 Å². The van der Waals surface area contributed by atoms with E-state index in [1.54, 1.807) is 14.8 Å². The molecule has 0 unspecified atom stereocenters. The van der Waals surface area contributed by atoms with E-state index in [0.717, 1.165) is 17.3 Å². The SMILES string of the molecule is O=S(=O)(N1CCCC1)N1CC(n2cc(Br)cn2)C1. The Morgan fingerprint density at radius 2 is 1.89 bits per heavy atom. The van der Waals surface area contributed by atoms with Crippen molar-refractivity contribution in [3.63, 3.8) is 0 Å². The number of hydrogen-bond acceptors (Lipinski definition) is 3. The highest BCUT2D eigenvalue weighted by molar-refractivity contribution is 9.10. The van der Waals surface area contributed by atoms with E-state index in [9.17, 15) is 8.42 Å². The van der Waals surface area contributed by atoms with Gasteiger partial charge in [0, 0.05) is 32.4 Å². The Morgan fingerprint density at radius 3 is 2.44 bits per heavy atom. The minimum Gasteiger partial charge on any atom is -0.266 e. The molecule has 2 fully saturated rings. The molecule has 2 saturated heterocycles. The maximum atomic E-state index is 12.2. The molecule has 0 N–H and O–H groups in total. The van der Waals surface area contributed by atoms with Gasteiger partial charge in [-0.3, -0.25) is 4.68 Å². The number of halogens is 1. The van der Waals surface area contributed by atoms with Gasteiger partial charge in [0.05, 0.1) is 16.7 Å². The second-order valence-electron chi connectivity index (χ2n) is 4.72. The summed E-state index contributed by atoms with van der Waals surface area (Å²) in [6, 6.07) is 0.161. The molecule has 2 aliphatic rings. The van der Waals surface area contributed by atoms with Gasteiger partial charge in [0.15, 0.2) is 0 Å². The smallest absolute Gasteiger partial charge is 0.266 e. The van der Waals surface area contributed by atoms with Crippen LogP contribution in [0.1, 0.15) is 18.9 Å². The fraction of sp³-hybridized carbons (Fsp3) is 0.700. The van der Waals surface area contributed by atoms with Crippen LogP contribution in [0.25, 0.3) is 0 Å². The Kier molecular flexibility index (Phi) is 3.21. The Labute approximate surface area is 115 Å². The van der Waals surface area contributed by atoms with Crippen LogP contribution < -0.4 is 0 Å². The summed E-state index contributed by atoms with van der Waals surface area (Å²) in [5.41, 5.74) is 0. The predicted octanol–water partition coefficient (Wildman–Crippen LogP) is 0.843. The second-order valence-corrected chi connectivity index (χ2v) is 7.57. The van der Waals surface area contributed by atoms with E-state index in [1.807, 2.05) is 10.9 Å². The monoisotopic (exact) mass is 334 g/mol. The summed E-state index contributed by atoms with van der Waals surface area (Å²) < 4.78 is 30.3. The number of nitrogens with zero attached hydrogens (tertiary/aromatic N) is 4. The lowest BCUT2D eigenvalue weighted by atomic mass is 10.2. The molecule has 0 aliphatic carbocycles. The van der Waals surface area contributed by atoms with E-state index >= 15 is 0 Å². The van der Waals surface area contributed by atoms with Gasteiger partial charge >= 0.3 is 0 Å². The van der Waals surface area contributed by atoms with Gasteiger partial charge in [-0.1, -0.05) is 0 Å². The maximum absolute atomic E-state index is 12.2. The zero-order chi connectivity index (χ0) is 12.8. The molecule has 0 amide bonds. The summed E-state index contributed by atoms with van der Waals surface area (Å²) in [6.45, 7) is 2.37. The summed E-state index contributed by atoms with van der Waals surface area (Å²) in [4.78, 5) is 0. The van der Waals surface area contributed by atoms with Gasteiger partial charge in [-0.15, -0.1) is 0 Å². The number of rotatable bonds is 3. The van der Waals surface area contributed by atoms with Gasteiger partial charge in [-0.05, 0) is 28.8 Å². The van der Waals surface area contributed by atoms with E-state index in [0.29, 0.717) is 26.2 Å². The van der Waals surface area contributed by atoms with Gasteiger partial charge in [-0.25, -0.2) is 0 Å². The van der Waals surface area contributed by atoms with Crippen LogP contribution in [0.4, 0.5) is 0 Å². The molecular formula is C10H15BrN4O2S. The van der Waals surface area contributed by atoms with E-state index in [4.69, 9.17) is 0 Å². The van der Waals surface area contributed by atoms with Crippen LogP contribution in [-0.4, -0.2) is 53.0 Å². The first-order valence-corrected chi connectivity index (χ1v) is 8.21. The average Bonchev–Trinajstić information content (AvgIpc) is 2.86. The Balaban J connectivity index is 1.64. The van der Waals surface area contributed by atoms with Crippen LogP contribution in [0, 0.1) is 0 Å². The van der Waals surface area contributed by atoms with Crippen molar-refractivity contribution in [2.45, 2.75) is 18.9 Å². The summed E-state index contributed by atoms with van der Waals surface area (Å²) >= 11 is 3.34. The van der Waals surface area contributed by atoms with Gasteiger partial charge in [-0.2, -0.15) is 22.1 Å². The summed E-state index contributed by atoms with van der Waals surface area (Å²) in [7, 11) is -3.22. The zero-order valence-corrected chi connectivity index (χ0v) is 12.3. The number of hydrogen-bond donors (Lipinski definition) is 0. The molecule has 1 aromatic heterocycles. The first kappa shape index (κ1) is 12.6. The topological polar surface area (TPSA) is 58.4 Å². The van der Waals surface area contributed by atoms with Crippen LogP contribution in [0.5, 0.6) is 0 Å². The van der Waals surface area contributed by atoms with Crippen molar-refractivity contribution in [1.29, 1.82) is 0 Å². The van der Waals surface area contributed by atoms with E-state index < -0.39 is 10.2 Å². The van der Waals surface area contributed by atoms with E-state index in [-0.39, 0.29) is 6.04 Å². The Morgan fingerprint density at radius 1 is 1.22 bits per heavy atom. The molecule has 100 valence electrons. The highest BCUT2D eigenvalue weighted by Crippen LogP contribution is 2.27. The van der Waals surface area contributed by atoms with E-state index in [2.05, 4.69) is 21.0 Å². The Hall–Kier alpha value is -0.440. The molecule has 0 bridgehead atoms. The van der Waals surface area contributed by atoms with Crippen molar-refractivity contribution < 1.29 is 8.42 Å². The zero-order valence-electron chi connectivity index (χ0n) is 9.87.